The molecule has 0 spiro atoms. The Morgan fingerprint density at radius 1 is 0.781 bits per heavy atom. The molecule has 0 bridgehead atoms. The Kier molecular flexibility index (Phi) is 6.91. The Hall–Kier alpha value is -3.29. The van der Waals surface area contributed by atoms with Crippen LogP contribution in [0, 0.1) is 11.6 Å². The van der Waals surface area contributed by atoms with Crippen LogP contribution >= 0.6 is 0 Å². The third kappa shape index (κ3) is 5.49. The van der Waals surface area contributed by atoms with Gasteiger partial charge in [0.15, 0.2) is 23.2 Å². The van der Waals surface area contributed by atoms with Crippen LogP contribution in [0.4, 0.5) is 30.7 Å². The minimum Gasteiger partial charge on any atom is -0.403 e. The van der Waals surface area contributed by atoms with Gasteiger partial charge in [0.05, 0.1) is 0 Å². The van der Waals surface area contributed by atoms with Crippen molar-refractivity contribution in [2.24, 2.45) is 0 Å². The molecular formula is C24H17F7O. The second kappa shape index (κ2) is 9.46. The van der Waals surface area contributed by atoms with E-state index in [4.69, 9.17) is 0 Å². The molecule has 0 heterocycles. The van der Waals surface area contributed by atoms with Crippen LogP contribution in [0.2, 0.25) is 0 Å². The zero-order valence-electron chi connectivity index (χ0n) is 16.7. The van der Waals surface area contributed by atoms with Crippen molar-refractivity contribution in [3.05, 3.63) is 89.0 Å². The molecule has 8 heteroatoms. The first-order valence-corrected chi connectivity index (χ1v) is 9.59. The number of ether oxygens (including phenoxy) is 1. The Bertz CT molecular complexity index is 1130. The normalized spacial score (nSPS) is 12.5. The predicted octanol–water partition coefficient (Wildman–Crippen LogP) is 8.25. The van der Waals surface area contributed by atoms with Crippen LogP contribution in [0.15, 0.2) is 60.7 Å². The van der Waals surface area contributed by atoms with Crippen LogP contribution in [0.1, 0.15) is 30.0 Å². The van der Waals surface area contributed by atoms with Crippen LogP contribution in [-0.4, -0.2) is 6.36 Å². The summed E-state index contributed by atoms with van der Waals surface area (Å²) >= 11 is 0. The summed E-state index contributed by atoms with van der Waals surface area (Å²) in [5, 5.41) is 0. The lowest BCUT2D eigenvalue weighted by Gasteiger charge is -2.11. The van der Waals surface area contributed by atoms with Gasteiger partial charge in [-0.25, -0.2) is 17.6 Å². The molecule has 0 atom stereocenters. The highest BCUT2D eigenvalue weighted by molar-refractivity contribution is 5.84. The summed E-state index contributed by atoms with van der Waals surface area (Å²) in [6, 6.07) is 12.4. The van der Waals surface area contributed by atoms with Crippen molar-refractivity contribution in [2.75, 3.05) is 0 Å². The van der Waals surface area contributed by atoms with Crippen LogP contribution in [-0.2, 0) is 6.42 Å². The van der Waals surface area contributed by atoms with Crippen molar-refractivity contribution in [2.45, 2.75) is 26.1 Å². The molecule has 3 aromatic rings. The van der Waals surface area contributed by atoms with Gasteiger partial charge in [0, 0.05) is 11.1 Å². The van der Waals surface area contributed by atoms with Crippen molar-refractivity contribution < 1.29 is 35.5 Å². The molecule has 3 aromatic carbocycles. The second-order valence-electron chi connectivity index (χ2n) is 6.96. The fourth-order valence-corrected chi connectivity index (χ4v) is 3.11. The summed E-state index contributed by atoms with van der Waals surface area (Å²) in [4.78, 5) is 0. The van der Waals surface area contributed by atoms with E-state index in [1.165, 1.54) is 6.07 Å². The van der Waals surface area contributed by atoms with E-state index in [0.29, 0.717) is 29.3 Å². The Morgan fingerprint density at radius 3 is 2.00 bits per heavy atom. The van der Waals surface area contributed by atoms with Gasteiger partial charge in [0.1, 0.15) is 5.82 Å². The van der Waals surface area contributed by atoms with Crippen molar-refractivity contribution in [3.63, 3.8) is 0 Å². The van der Waals surface area contributed by atoms with Gasteiger partial charge in [-0.05, 0) is 53.4 Å². The summed E-state index contributed by atoms with van der Waals surface area (Å²) in [6.45, 7) is 2.04. The Labute approximate surface area is 179 Å². The zero-order valence-corrected chi connectivity index (χ0v) is 16.7. The van der Waals surface area contributed by atoms with Crippen molar-refractivity contribution >= 4 is 11.7 Å². The van der Waals surface area contributed by atoms with E-state index in [2.05, 4.69) is 4.74 Å². The van der Waals surface area contributed by atoms with Gasteiger partial charge in [0.2, 0.25) is 0 Å². The average molecular weight is 454 g/mol. The predicted molar refractivity (Wildman–Crippen MR) is 108 cm³/mol. The first kappa shape index (κ1) is 23.4. The maximum atomic E-state index is 14.6. The molecule has 1 nitrogen and oxygen atoms in total. The number of benzene rings is 3. The molecule has 0 aliphatic rings. The monoisotopic (exact) mass is 454 g/mol. The first-order chi connectivity index (χ1) is 15.1. The van der Waals surface area contributed by atoms with Crippen molar-refractivity contribution in [3.8, 4) is 16.9 Å². The van der Waals surface area contributed by atoms with Gasteiger partial charge < -0.3 is 4.74 Å². The summed E-state index contributed by atoms with van der Waals surface area (Å²) in [5.74, 6) is -7.04. The number of halogens is 7. The van der Waals surface area contributed by atoms with Crippen LogP contribution in [0.5, 0.6) is 5.75 Å². The van der Waals surface area contributed by atoms with E-state index >= 15 is 0 Å². The van der Waals surface area contributed by atoms with Crippen molar-refractivity contribution in [1.29, 1.82) is 0 Å². The number of aryl methyl sites for hydroxylation is 1. The van der Waals surface area contributed by atoms with Gasteiger partial charge in [-0.3, -0.25) is 0 Å². The molecule has 168 valence electrons. The third-order valence-corrected chi connectivity index (χ3v) is 4.64. The van der Waals surface area contributed by atoms with E-state index in [1.54, 1.807) is 12.1 Å². The van der Waals surface area contributed by atoms with Gasteiger partial charge in [-0.1, -0.05) is 43.7 Å². The highest BCUT2D eigenvalue weighted by Gasteiger charge is 2.32. The van der Waals surface area contributed by atoms with Gasteiger partial charge >= 0.3 is 6.36 Å². The molecule has 0 saturated heterocycles. The highest BCUT2D eigenvalue weighted by atomic mass is 19.4. The highest BCUT2D eigenvalue weighted by Crippen LogP contribution is 2.34. The molecule has 0 amide bonds. The molecule has 0 unspecified atom stereocenters. The molecular weight excluding hydrogens is 437 g/mol. The number of rotatable bonds is 6. The van der Waals surface area contributed by atoms with Crippen molar-refractivity contribution in [1.82, 2.24) is 0 Å². The number of hydrogen-bond donors (Lipinski definition) is 0. The lowest BCUT2D eigenvalue weighted by Crippen LogP contribution is -2.17. The maximum absolute atomic E-state index is 14.6. The SMILES string of the molecule is CCCc1ccc(-c2ccc(C(F)=C(F)c3ccc(OC(F)(F)F)c(F)c3)c(F)c2)cc1. The molecule has 0 fully saturated rings. The zero-order chi connectivity index (χ0) is 23.5. The third-order valence-electron chi connectivity index (χ3n) is 4.64. The number of hydrogen-bond acceptors (Lipinski definition) is 1. The molecule has 3 rings (SSSR count). The summed E-state index contributed by atoms with van der Waals surface area (Å²) < 4.78 is 97.5. The minimum absolute atomic E-state index is 0.333. The molecule has 0 aromatic heterocycles. The lowest BCUT2D eigenvalue weighted by atomic mass is 10.00. The Balaban J connectivity index is 1.89. The van der Waals surface area contributed by atoms with E-state index < -0.39 is 46.5 Å². The molecule has 0 N–H and O–H groups in total. The Morgan fingerprint density at radius 2 is 1.44 bits per heavy atom. The van der Waals surface area contributed by atoms with E-state index in [1.807, 2.05) is 19.1 Å². The quantitative estimate of drug-likeness (QED) is 0.269. The lowest BCUT2D eigenvalue weighted by molar-refractivity contribution is -0.275. The van der Waals surface area contributed by atoms with Gasteiger partial charge in [-0.2, -0.15) is 0 Å². The largest absolute Gasteiger partial charge is 0.573 e. The first-order valence-electron chi connectivity index (χ1n) is 9.59. The van der Waals surface area contributed by atoms with E-state index in [-0.39, 0.29) is 0 Å². The van der Waals surface area contributed by atoms with Crippen LogP contribution in [0.25, 0.3) is 22.8 Å². The summed E-state index contributed by atoms with van der Waals surface area (Å²) in [6.07, 6.45) is -3.28. The minimum atomic E-state index is -5.15. The van der Waals surface area contributed by atoms with Gasteiger partial charge in [0.25, 0.3) is 0 Å². The molecule has 0 aliphatic heterocycles. The average Bonchev–Trinajstić information content (AvgIpc) is 2.74. The van der Waals surface area contributed by atoms with E-state index in [9.17, 15) is 30.7 Å². The molecule has 0 aliphatic carbocycles. The molecule has 0 radical (unpaired) electrons. The van der Waals surface area contributed by atoms with Crippen LogP contribution < -0.4 is 4.74 Å². The van der Waals surface area contributed by atoms with Crippen LogP contribution in [0.3, 0.4) is 0 Å². The molecule has 32 heavy (non-hydrogen) atoms. The standard InChI is InChI=1S/C24H17F7O/c1-2-3-14-4-6-15(7-5-14)16-8-10-18(19(25)12-16)23(28)22(27)17-9-11-21(20(26)13-17)32-24(29,30)31/h4-13H,2-3H2,1H3. The summed E-state index contributed by atoms with van der Waals surface area (Å²) in [7, 11) is 0. The smallest absolute Gasteiger partial charge is 0.403 e. The van der Waals surface area contributed by atoms with E-state index in [0.717, 1.165) is 30.5 Å². The molecule has 0 saturated carbocycles. The fourth-order valence-electron chi connectivity index (χ4n) is 3.11. The fraction of sp³-hybridized carbons (Fsp3) is 0.167. The number of alkyl halides is 3. The summed E-state index contributed by atoms with van der Waals surface area (Å²) in [5.41, 5.74) is 0.836. The second-order valence-corrected chi connectivity index (χ2v) is 6.96. The maximum Gasteiger partial charge on any atom is 0.573 e. The topological polar surface area (TPSA) is 9.23 Å². The van der Waals surface area contributed by atoms with Gasteiger partial charge in [-0.15, -0.1) is 13.2 Å².